The number of aromatic nitrogens is 2. The van der Waals surface area contributed by atoms with Gasteiger partial charge in [-0.2, -0.15) is 18.2 Å². The van der Waals surface area contributed by atoms with Crippen LogP contribution >= 0.6 is 0 Å². The monoisotopic (exact) mass is 436 g/mol. The largest absolute Gasteiger partial charge is 0.471 e. The van der Waals surface area contributed by atoms with Crippen LogP contribution in [-0.2, 0) is 10.9 Å². The predicted molar refractivity (Wildman–Crippen MR) is 107 cm³/mol. The molecular formula is C21H23F3N4O3. The van der Waals surface area contributed by atoms with Gasteiger partial charge in [-0.05, 0) is 38.2 Å². The molecule has 1 atom stereocenters. The lowest BCUT2D eigenvalue weighted by molar-refractivity contribution is -0.159. The van der Waals surface area contributed by atoms with Crippen molar-refractivity contribution in [1.82, 2.24) is 20.4 Å². The first-order chi connectivity index (χ1) is 14.7. The standard InChI is InChI=1S/C21H23F3N4O3/c1-28(2)10-11-30-17-8-6-14(7-9-17)13-25-19(29)16-5-3-4-15(12-16)18-26-20(31-27-18)21(22,23)24/h3-8,12,17H,9-11,13H2,1-2H3,(H,25,29). The summed E-state index contributed by atoms with van der Waals surface area (Å²) in [5.74, 6) is -2.03. The van der Waals surface area contributed by atoms with Crippen molar-refractivity contribution in [1.29, 1.82) is 0 Å². The van der Waals surface area contributed by atoms with Gasteiger partial charge in [-0.1, -0.05) is 35.5 Å². The van der Waals surface area contributed by atoms with Crippen molar-refractivity contribution in [2.45, 2.75) is 18.7 Å². The van der Waals surface area contributed by atoms with E-state index in [-0.39, 0.29) is 29.0 Å². The van der Waals surface area contributed by atoms with Gasteiger partial charge in [0.25, 0.3) is 5.91 Å². The third kappa shape index (κ3) is 6.50. The topological polar surface area (TPSA) is 80.5 Å². The van der Waals surface area contributed by atoms with E-state index in [0.717, 1.165) is 18.5 Å². The van der Waals surface area contributed by atoms with Crippen LogP contribution in [0.2, 0.25) is 0 Å². The second kappa shape index (κ2) is 9.88. The number of carbonyl (C=O) groups excluding carboxylic acids is 1. The number of hydrogen-bond acceptors (Lipinski definition) is 6. The molecule has 3 rings (SSSR count). The minimum Gasteiger partial charge on any atom is -0.372 e. The Kier molecular flexibility index (Phi) is 7.24. The lowest BCUT2D eigenvalue weighted by Crippen LogP contribution is -2.26. The Labute approximate surface area is 177 Å². The number of halogens is 3. The fraction of sp³-hybridized carbons (Fsp3) is 0.381. The van der Waals surface area contributed by atoms with Gasteiger partial charge in [0.05, 0.1) is 12.7 Å². The van der Waals surface area contributed by atoms with Gasteiger partial charge in [-0.15, -0.1) is 0 Å². The number of nitrogens with zero attached hydrogens (tertiary/aromatic N) is 3. The molecule has 0 fully saturated rings. The van der Waals surface area contributed by atoms with Gasteiger partial charge >= 0.3 is 12.1 Å². The van der Waals surface area contributed by atoms with E-state index >= 15 is 0 Å². The zero-order chi connectivity index (χ0) is 22.4. The number of alkyl halides is 3. The average molecular weight is 436 g/mol. The molecule has 1 aromatic carbocycles. The van der Waals surface area contributed by atoms with Gasteiger partial charge in [-0.25, -0.2) is 0 Å². The molecule has 31 heavy (non-hydrogen) atoms. The summed E-state index contributed by atoms with van der Waals surface area (Å²) < 4.78 is 47.9. The molecule has 1 aromatic heterocycles. The Morgan fingerprint density at radius 2 is 2.16 bits per heavy atom. The van der Waals surface area contributed by atoms with Gasteiger partial charge in [0.1, 0.15) is 0 Å². The van der Waals surface area contributed by atoms with E-state index in [1.807, 2.05) is 37.2 Å². The number of benzene rings is 1. The van der Waals surface area contributed by atoms with Crippen molar-refractivity contribution in [2.24, 2.45) is 0 Å². The second-order valence-corrected chi connectivity index (χ2v) is 7.27. The fourth-order valence-electron chi connectivity index (χ4n) is 2.83. The number of hydrogen-bond donors (Lipinski definition) is 1. The second-order valence-electron chi connectivity index (χ2n) is 7.27. The van der Waals surface area contributed by atoms with Crippen LogP contribution in [0.5, 0.6) is 0 Å². The van der Waals surface area contributed by atoms with Crippen molar-refractivity contribution in [3.63, 3.8) is 0 Å². The van der Waals surface area contributed by atoms with Crippen molar-refractivity contribution < 1.29 is 27.2 Å². The molecule has 1 unspecified atom stereocenters. The van der Waals surface area contributed by atoms with Gasteiger partial charge in [0.2, 0.25) is 5.82 Å². The Morgan fingerprint density at radius 3 is 2.81 bits per heavy atom. The van der Waals surface area contributed by atoms with E-state index in [9.17, 15) is 18.0 Å². The van der Waals surface area contributed by atoms with E-state index in [2.05, 4.69) is 20.0 Å². The van der Waals surface area contributed by atoms with E-state index in [1.165, 1.54) is 12.1 Å². The van der Waals surface area contributed by atoms with Crippen LogP contribution in [0.15, 0.2) is 52.6 Å². The highest BCUT2D eigenvalue weighted by Crippen LogP contribution is 2.29. The highest BCUT2D eigenvalue weighted by atomic mass is 19.4. The highest BCUT2D eigenvalue weighted by molar-refractivity contribution is 5.95. The van der Waals surface area contributed by atoms with Crippen molar-refractivity contribution in [3.05, 3.63) is 59.5 Å². The molecule has 0 aliphatic heterocycles. The maximum Gasteiger partial charge on any atom is 0.471 e. The number of carbonyl (C=O) groups is 1. The summed E-state index contributed by atoms with van der Waals surface area (Å²) in [5, 5.41) is 6.14. The van der Waals surface area contributed by atoms with E-state index in [1.54, 1.807) is 12.1 Å². The Balaban J connectivity index is 1.54. The molecule has 1 N–H and O–H groups in total. The molecule has 0 saturated heterocycles. The quantitative estimate of drug-likeness (QED) is 0.684. The number of nitrogens with one attached hydrogen (secondary N) is 1. The molecule has 1 heterocycles. The molecule has 1 aliphatic carbocycles. The molecule has 0 radical (unpaired) electrons. The third-order valence-corrected chi connectivity index (χ3v) is 4.51. The summed E-state index contributed by atoms with van der Waals surface area (Å²) in [7, 11) is 3.97. The average Bonchev–Trinajstić information content (AvgIpc) is 3.24. The van der Waals surface area contributed by atoms with Crippen LogP contribution < -0.4 is 5.32 Å². The van der Waals surface area contributed by atoms with Gasteiger partial charge < -0.3 is 19.5 Å². The number of amides is 1. The fourth-order valence-corrected chi connectivity index (χ4v) is 2.83. The third-order valence-electron chi connectivity index (χ3n) is 4.51. The zero-order valence-electron chi connectivity index (χ0n) is 17.1. The first-order valence-corrected chi connectivity index (χ1v) is 9.65. The minimum atomic E-state index is -4.72. The molecule has 166 valence electrons. The van der Waals surface area contributed by atoms with Crippen molar-refractivity contribution >= 4 is 5.91 Å². The highest BCUT2D eigenvalue weighted by Gasteiger charge is 2.38. The summed E-state index contributed by atoms with van der Waals surface area (Å²) >= 11 is 0. The summed E-state index contributed by atoms with van der Waals surface area (Å²) in [6.07, 6.45) is 1.91. The molecule has 1 amide bonds. The first-order valence-electron chi connectivity index (χ1n) is 9.65. The Hall–Kier alpha value is -2.98. The smallest absolute Gasteiger partial charge is 0.372 e. The van der Waals surface area contributed by atoms with Gasteiger partial charge in [-0.3, -0.25) is 4.79 Å². The minimum absolute atomic E-state index is 0.0210. The predicted octanol–water partition coefficient (Wildman–Crippen LogP) is 3.32. The van der Waals surface area contributed by atoms with Crippen LogP contribution in [0, 0.1) is 0 Å². The zero-order valence-corrected chi connectivity index (χ0v) is 17.1. The number of ether oxygens (including phenoxy) is 1. The maximum atomic E-state index is 12.6. The van der Waals surface area contributed by atoms with E-state index in [4.69, 9.17) is 4.74 Å². The van der Waals surface area contributed by atoms with Crippen LogP contribution in [0.3, 0.4) is 0 Å². The molecule has 0 spiro atoms. The molecule has 0 saturated carbocycles. The van der Waals surface area contributed by atoms with E-state index < -0.39 is 12.1 Å². The van der Waals surface area contributed by atoms with Crippen molar-refractivity contribution in [3.8, 4) is 11.4 Å². The Bertz CT molecular complexity index is 967. The molecule has 2 aromatic rings. The van der Waals surface area contributed by atoms with Gasteiger partial charge in [0.15, 0.2) is 0 Å². The first kappa shape index (κ1) is 22.7. The van der Waals surface area contributed by atoms with Crippen LogP contribution in [-0.4, -0.2) is 60.8 Å². The summed E-state index contributed by atoms with van der Waals surface area (Å²) in [6.45, 7) is 1.81. The summed E-state index contributed by atoms with van der Waals surface area (Å²) in [6, 6.07) is 6.03. The van der Waals surface area contributed by atoms with Crippen molar-refractivity contribution in [2.75, 3.05) is 33.8 Å². The maximum absolute atomic E-state index is 12.6. The van der Waals surface area contributed by atoms with Gasteiger partial charge in [0, 0.05) is 24.2 Å². The summed E-state index contributed by atoms with van der Waals surface area (Å²) in [5.41, 5.74) is 1.48. The number of likely N-dealkylation sites (N-methyl/N-ethyl adjacent to an activating group) is 1. The van der Waals surface area contributed by atoms with Crippen LogP contribution in [0.25, 0.3) is 11.4 Å². The van der Waals surface area contributed by atoms with E-state index in [0.29, 0.717) is 13.2 Å². The van der Waals surface area contributed by atoms with Crippen LogP contribution in [0.1, 0.15) is 22.7 Å². The molecule has 10 heteroatoms. The number of rotatable bonds is 8. The molecule has 1 aliphatic rings. The summed E-state index contributed by atoms with van der Waals surface area (Å²) in [4.78, 5) is 17.9. The molecular weight excluding hydrogens is 413 g/mol. The normalized spacial score (nSPS) is 16.5. The SMILES string of the molecule is CN(C)CCOC1C=CC(CNC(=O)c2cccc(-c3noc(C(F)(F)F)n3)c2)=CC1. The van der Waals surface area contributed by atoms with Crippen LogP contribution in [0.4, 0.5) is 13.2 Å². The molecule has 7 nitrogen and oxygen atoms in total. The lowest BCUT2D eigenvalue weighted by Gasteiger charge is -2.18. The Morgan fingerprint density at radius 1 is 1.35 bits per heavy atom. The lowest BCUT2D eigenvalue weighted by atomic mass is 10.0. The molecule has 0 bridgehead atoms.